The molecule has 0 heterocycles. The van der Waals surface area contributed by atoms with E-state index in [1.54, 1.807) is 83.5 Å². The van der Waals surface area contributed by atoms with Gasteiger partial charge in [-0.05, 0) is 199 Å². The van der Waals surface area contributed by atoms with Crippen LogP contribution in [0.15, 0.2) is 0 Å². The van der Waals surface area contributed by atoms with Crippen LogP contribution in [0.3, 0.4) is 0 Å². The molecule has 0 nitrogen and oxygen atoms in total. The van der Waals surface area contributed by atoms with Crippen LogP contribution in [0.4, 0.5) is 0 Å². The first-order valence-electron chi connectivity index (χ1n) is 21.7. The fourth-order valence-electron chi connectivity index (χ4n) is 18.5. The zero-order valence-corrected chi connectivity index (χ0v) is 32.2. The highest BCUT2D eigenvalue weighted by atomic mass is 14.8. The van der Waals surface area contributed by atoms with E-state index in [4.69, 9.17) is 0 Å². The lowest BCUT2D eigenvalue weighted by Gasteiger charge is -2.63. The van der Waals surface area contributed by atoms with Gasteiger partial charge in [0.15, 0.2) is 0 Å². The van der Waals surface area contributed by atoms with E-state index in [-0.39, 0.29) is 0 Å². The van der Waals surface area contributed by atoms with Crippen LogP contribution >= 0.6 is 0 Å². The van der Waals surface area contributed by atoms with Gasteiger partial charge in [0.25, 0.3) is 0 Å². The van der Waals surface area contributed by atoms with Gasteiger partial charge < -0.3 is 0 Å². The minimum atomic E-state index is 0.472. The molecule has 9 aliphatic rings. The van der Waals surface area contributed by atoms with Gasteiger partial charge >= 0.3 is 0 Å². The topological polar surface area (TPSA) is 0 Å². The maximum atomic E-state index is 2.80. The third-order valence-corrected chi connectivity index (χ3v) is 20.3. The lowest BCUT2D eigenvalue weighted by molar-refractivity contribution is -0.149. The molecule has 46 heavy (non-hydrogen) atoms. The third-order valence-electron chi connectivity index (χ3n) is 20.3. The summed E-state index contributed by atoms with van der Waals surface area (Å²) in [5, 5.41) is 0. The zero-order valence-electron chi connectivity index (χ0n) is 32.2. The monoisotopic (exact) mass is 629 g/mol. The van der Waals surface area contributed by atoms with Crippen LogP contribution in [0.1, 0.15) is 153 Å². The van der Waals surface area contributed by atoms with Crippen LogP contribution in [-0.4, -0.2) is 0 Å². The van der Waals surface area contributed by atoms with E-state index in [0.717, 1.165) is 124 Å². The summed E-state index contributed by atoms with van der Waals surface area (Å²) in [5.41, 5.74) is 1.67. The van der Waals surface area contributed by atoms with Crippen molar-refractivity contribution in [1.82, 2.24) is 0 Å². The zero-order chi connectivity index (χ0) is 32.2. The van der Waals surface area contributed by atoms with Crippen molar-refractivity contribution in [3.63, 3.8) is 0 Å². The summed E-state index contributed by atoms with van der Waals surface area (Å²) in [6, 6.07) is 0. The lowest BCUT2D eigenvalue weighted by Crippen LogP contribution is -2.57. The third kappa shape index (κ3) is 4.09. The van der Waals surface area contributed by atoms with Gasteiger partial charge in [0.05, 0.1) is 0 Å². The van der Waals surface area contributed by atoms with Crippen molar-refractivity contribution >= 4 is 0 Å². The number of rotatable bonds is 3. The second-order valence-electron chi connectivity index (χ2n) is 23.1. The predicted molar refractivity (Wildman–Crippen MR) is 194 cm³/mol. The number of hydrogen-bond acceptors (Lipinski definition) is 0. The SMILES string of the molecule is CC(C)C1CC2CC3CC(C)C4CC(C(C)(C)C)CC5CC6(C2C(C1)C1C(C(C)(C)C(C)C)C2CCC7CCCCC7C2C16)C3C54. The molecule has 19 atom stereocenters. The van der Waals surface area contributed by atoms with E-state index in [0.29, 0.717) is 10.8 Å². The van der Waals surface area contributed by atoms with Gasteiger partial charge in [-0.1, -0.05) is 88.5 Å². The smallest absolute Gasteiger partial charge is 0.0193 e. The number of fused-ring (bicyclic) bond motifs is 6. The quantitative estimate of drug-likeness (QED) is 0.292. The average molecular weight is 629 g/mol. The van der Waals surface area contributed by atoms with Crippen molar-refractivity contribution in [2.24, 2.45) is 135 Å². The average Bonchev–Trinajstić information content (AvgIpc) is 3.62. The summed E-state index contributed by atoms with van der Waals surface area (Å²) >= 11 is 0. The van der Waals surface area contributed by atoms with Gasteiger partial charge in [0.2, 0.25) is 0 Å². The molecule has 0 amide bonds. The Morgan fingerprint density at radius 3 is 2.02 bits per heavy atom. The first-order valence-corrected chi connectivity index (χ1v) is 21.7. The molecule has 0 aromatic carbocycles. The molecular formula is C46H76. The molecule has 0 aromatic heterocycles. The van der Waals surface area contributed by atoms with Gasteiger partial charge in [0.1, 0.15) is 0 Å². The highest BCUT2D eigenvalue weighted by Crippen LogP contribution is 2.85. The standard InChI is InChI=1S/C46H76/c1-24(2)28-18-30-19-29-17-26(5)35-22-32(44(6,7)8)20-31-23-46(41(29)37(31)35)40(30)36(21-28)39-42(45(9,10)25(3)4)34-16-15-27-13-11-12-14-33(27)38(34)43(39)46/h24-43H,11-23H2,1-10H3. The first kappa shape index (κ1) is 31.9. The van der Waals surface area contributed by atoms with Gasteiger partial charge in [-0.15, -0.1) is 0 Å². The second kappa shape index (κ2) is 10.5. The molecule has 1 spiro atoms. The normalized spacial score (nSPS) is 57.1. The minimum absolute atomic E-state index is 0.472. The molecule has 0 heteroatoms. The summed E-state index contributed by atoms with van der Waals surface area (Å²) in [7, 11) is 0. The Kier molecular flexibility index (Phi) is 7.31. The molecule has 0 saturated heterocycles. The van der Waals surface area contributed by atoms with Crippen molar-refractivity contribution in [2.45, 2.75) is 153 Å². The molecule has 0 aliphatic heterocycles. The second-order valence-corrected chi connectivity index (χ2v) is 23.1. The molecule has 19 unspecified atom stereocenters. The largest absolute Gasteiger partial charge is 0.0625 e. The van der Waals surface area contributed by atoms with Crippen LogP contribution in [0.5, 0.6) is 0 Å². The Balaban J connectivity index is 1.25. The van der Waals surface area contributed by atoms with E-state index in [1.807, 2.05) is 0 Å². The van der Waals surface area contributed by atoms with Gasteiger partial charge in [-0.2, -0.15) is 0 Å². The molecule has 9 aliphatic carbocycles. The maximum absolute atomic E-state index is 2.80. The van der Waals surface area contributed by atoms with Crippen molar-refractivity contribution < 1.29 is 0 Å². The highest BCUT2D eigenvalue weighted by Gasteiger charge is 2.80. The molecule has 0 aromatic rings. The number of hydrogen-bond donors (Lipinski definition) is 0. The van der Waals surface area contributed by atoms with Crippen LogP contribution in [-0.2, 0) is 0 Å². The van der Waals surface area contributed by atoms with Gasteiger partial charge in [0, 0.05) is 0 Å². The Morgan fingerprint density at radius 2 is 1.30 bits per heavy atom. The lowest BCUT2D eigenvalue weighted by atomic mass is 9.42. The summed E-state index contributed by atoms with van der Waals surface area (Å²) in [6.45, 7) is 26.7. The van der Waals surface area contributed by atoms with E-state index >= 15 is 0 Å². The predicted octanol–water partition coefficient (Wildman–Crippen LogP) is 12.7. The summed E-state index contributed by atoms with van der Waals surface area (Å²) in [5.74, 6) is 20.6. The first-order chi connectivity index (χ1) is 21.7. The summed E-state index contributed by atoms with van der Waals surface area (Å²) in [6.07, 6.45) is 20.9. The fraction of sp³-hybridized carbons (Fsp3) is 1.00. The van der Waals surface area contributed by atoms with Crippen LogP contribution < -0.4 is 0 Å². The van der Waals surface area contributed by atoms with Gasteiger partial charge in [-0.3, -0.25) is 0 Å². The van der Waals surface area contributed by atoms with Crippen LogP contribution in [0.2, 0.25) is 0 Å². The van der Waals surface area contributed by atoms with Crippen molar-refractivity contribution in [3.05, 3.63) is 0 Å². The maximum Gasteiger partial charge on any atom is -0.0193 e. The minimum Gasteiger partial charge on any atom is -0.0625 e. The molecule has 0 N–H and O–H groups in total. The van der Waals surface area contributed by atoms with Crippen LogP contribution in [0.25, 0.3) is 0 Å². The van der Waals surface area contributed by atoms with Crippen molar-refractivity contribution in [2.75, 3.05) is 0 Å². The Hall–Kier alpha value is 0. The van der Waals surface area contributed by atoms with E-state index in [2.05, 4.69) is 69.2 Å². The van der Waals surface area contributed by atoms with E-state index < -0.39 is 0 Å². The Labute approximate surface area is 286 Å². The van der Waals surface area contributed by atoms with E-state index in [9.17, 15) is 0 Å². The highest BCUT2D eigenvalue weighted by molar-refractivity contribution is 5.27. The fourth-order valence-corrected chi connectivity index (χ4v) is 18.5. The molecule has 0 radical (unpaired) electrons. The molecule has 9 fully saturated rings. The molecule has 9 saturated carbocycles. The summed E-state index contributed by atoms with van der Waals surface area (Å²) < 4.78 is 0. The van der Waals surface area contributed by atoms with Crippen molar-refractivity contribution in [3.8, 4) is 0 Å². The molecule has 260 valence electrons. The van der Waals surface area contributed by atoms with E-state index in [1.165, 1.54) is 0 Å². The molecule has 9 rings (SSSR count). The summed E-state index contributed by atoms with van der Waals surface area (Å²) in [4.78, 5) is 0. The molecule has 0 bridgehead atoms. The Morgan fingerprint density at radius 1 is 0.565 bits per heavy atom. The van der Waals surface area contributed by atoms with Gasteiger partial charge in [-0.25, -0.2) is 0 Å². The van der Waals surface area contributed by atoms with Crippen molar-refractivity contribution in [1.29, 1.82) is 0 Å². The Bertz CT molecular complexity index is 1170. The molecular weight excluding hydrogens is 553 g/mol. The van der Waals surface area contributed by atoms with Crippen LogP contribution in [0, 0.1) is 135 Å².